The normalized spacial score (nSPS) is 11.6. The first-order valence-corrected chi connectivity index (χ1v) is 11.2. The molecule has 0 atom stereocenters. The van der Waals surface area contributed by atoms with E-state index in [1.54, 1.807) is 0 Å². The summed E-state index contributed by atoms with van der Waals surface area (Å²) >= 11 is 0. The predicted octanol–water partition coefficient (Wildman–Crippen LogP) is 1.33. The van der Waals surface area contributed by atoms with Crippen molar-refractivity contribution in [3.05, 3.63) is 39.8 Å². The molecule has 0 aliphatic rings. The van der Waals surface area contributed by atoms with Gasteiger partial charge in [-0.25, -0.2) is 4.68 Å². The first-order valence-electron chi connectivity index (χ1n) is 8.36. The average Bonchev–Trinajstić information content (AvgIpc) is 2.90. The van der Waals surface area contributed by atoms with Gasteiger partial charge in [-0.2, -0.15) is 16.8 Å². The number of nitrogens with zero attached hydrogens (tertiary/aromatic N) is 1. The molecule has 0 aliphatic carbocycles. The summed E-state index contributed by atoms with van der Waals surface area (Å²) in [6.07, 6.45) is 4.45. The SMILES string of the molecule is CCCCCCc1cc(=O)n(-c2cc(S(=O)(=O)O)c(C)cc2S(=O)(=O)O)[nH]1.[Na].[Na]. The van der Waals surface area contributed by atoms with E-state index in [9.17, 15) is 30.7 Å². The monoisotopic (exact) mass is 464 g/mol. The van der Waals surface area contributed by atoms with Gasteiger partial charge in [-0.05, 0) is 37.5 Å². The van der Waals surface area contributed by atoms with Crippen molar-refractivity contribution in [1.82, 2.24) is 9.78 Å². The van der Waals surface area contributed by atoms with Crippen LogP contribution in [-0.4, -0.2) is 94.8 Å². The molecule has 0 spiro atoms. The average molecular weight is 464 g/mol. The van der Waals surface area contributed by atoms with Gasteiger partial charge in [0.2, 0.25) is 0 Å². The molecule has 9 nitrogen and oxygen atoms in total. The second-order valence-electron chi connectivity index (χ2n) is 6.30. The van der Waals surface area contributed by atoms with Gasteiger partial charge in [-0.1, -0.05) is 26.2 Å². The number of benzene rings is 1. The van der Waals surface area contributed by atoms with Crippen molar-refractivity contribution in [2.75, 3.05) is 0 Å². The Labute approximate surface area is 214 Å². The molecule has 0 bridgehead atoms. The zero-order valence-corrected chi connectivity index (χ0v) is 22.6. The summed E-state index contributed by atoms with van der Waals surface area (Å²) in [7, 11) is -9.41. The van der Waals surface area contributed by atoms with E-state index in [4.69, 9.17) is 0 Å². The van der Waals surface area contributed by atoms with Crippen molar-refractivity contribution < 1.29 is 25.9 Å². The Bertz CT molecular complexity index is 1110. The second kappa shape index (κ2) is 11.6. The topological polar surface area (TPSA) is 147 Å². The molecule has 29 heavy (non-hydrogen) atoms. The minimum atomic E-state index is -4.75. The van der Waals surface area contributed by atoms with Gasteiger partial charge >= 0.3 is 0 Å². The van der Waals surface area contributed by atoms with Crippen molar-refractivity contribution in [3.63, 3.8) is 0 Å². The second-order valence-corrected chi connectivity index (χ2v) is 9.08. The fourth-order valence-corrected chi connectivity index (χ4v) is 4.27. The molecule has 0 unspecified atom stereocenters. The molecule has 0 fully saturated rings. The van der Waals surface area contributed by atoms with Crippen molar-refractivity contribution >= 4 is 79.4 Å². The van der Waals surface area contributed by atoms with E-state index in [1.807, 2.05) is 0 Å². The van der Waals surface area contributed by atoms with Crippen molar-refractivity contribution in [1.29, 1.82) is 0 Å². The number of unbranched alkanes of at least 4 members (excludes halogenated alkanes) is 3. The van der Waals surface area contributed by atoms with E-state index in [0.717, 1.165) is 42.5 Å². The summed E-state index contributed by atoms with van der Waals surface area (Å²) < 4.78 is 66.2. The third-order valence-electron chi connectivity index (χ3n) is 4.13. The minimum Gasteiger partial charge on any atom is -0.295 e. The third-order valence-corrected chi connectivity index (χ3v) is 6.00. The van der Waals surface area contributed by atoms with Crippen LogP contribution in [0.5, 0.6) is 0 Å². The van der Waals surface area contributed by atoms with Crippen LogP contribution in [0, 0.1) is 6.92 Å². The molecule has 2 radical (unpaired) electrons. The van der Waals surface area contributed by atoms with Crippen LogP contribution in [-0.2, 0) is 26.7 Å². The first-order chi connectivity index (χ1) is 12.4. The standard InChI is InChI=1S/C16H22N2O7S2.2Na/c1-3-4-5-6-7-12-9-16(19)18(17-12)13-10-14(26(20,21)22)11(2)8-15(13)27(23,24)25;;/h8-10,17H,3-7H2,1-2H3,(H,20,21,22)(H,23,24,25);;. The molecular weight excluding hydrogens is 442 g/mol. The molecule has 0 aliphatic heterocycles. The molecule has 1 aromatic heterocycles. The quantitative estimate of drug-likeness (QED) is 0.303. The molecular formula is C16H22N2Na2O7S2. The van der Waals surface area contributed by atoms with Crippen molar-refractivity contribution in [3.8, 4) is 5.69 Å². The Hall–Kier alpha value is 0.0500. The van der Waals surface area contributed by atoms with E-state index in [2.05, 4.69) is 12.0 Å². The van der Waals surface area contributed by atoms with Crippen LogP contribution in [0.1, 0.15) is 43.9 Å². The molecule has 0 amide bonds. The van der Waals surface area contributed by atoms with Crippen LogP contribution >= 0.6 is 0 Å². The Morgan fingerprint density at radius 1 is 0.931 bits per heavy atom. The van der Waals surface area contributed by atoms with Gasteiger partial charge in [0.25, 0.3) is 25.8 Å². The van der Waals surface area contributed by atoms with Crippen molar-refractivity contribution in [2.24, 2.45) is 0 Å². The third kappa shape index (κ3) is 7.60. The largest absolute Gasteiger partial charge is 0.296 e. The van der Waals surface area contributed by atoms with E-state index in [-0.39, 0.29) is 70.4 Å². The minimum absolute atomic E-state index is 0. The Balaban J connectivity index is 0.00000392. The number of aromatic nitrogens is 2. The Kier molecular flexibility index (Phi) is 11.6. The van der Waals surface area contributed by atoms with Gasteiger partial charge in [0.05, 0.1) is 10.6 Å². The smallest absolute Gasteiger partial charge is 0.295 e. The van der Waals surface area contributed by atoms with E-state index in [0.29, 0.717) is 12.1 Å². The number of aromatic amines is 1. The van der Waals surface area contributed by atoms with Crippen LogP contribution in [0.3, 0.4) is 0 Å². The molecule has 1 heterocycles. The molecule has 0 saturated heterocycles. The van der Waals surface area contributed by atoms with Gasteiger partial charge < -0.3 is 0 Å². The molecule has 13 heteroatoms. The van der Waals surface area contributed by atoms with Crippen LogP contribution in [0.15, 0.2) is 32.8 Å². The van der Waals surface area contributed by atoms with E-state index in [1.165, 1.54) is 13.0 Å². The van der Waals surface area contributed by atoms with Crippen LogP contribution in [0.4, 0.5) is 0 Å². The molecule has 2 rings (SSSR count). The van der Waals surface area contributed by atoms with Gasteiger partial charge in [0.1, 0.15) is 4.90 Å². The van der Waals surface area contributed by atoms with Crippen LogP contribution in [0.2, 0.25) is 0 Å². The fourth-order valence-electron chi connectivity index (χ4n) is 2.80. The number of rotatable bonds is 8. The number of hydrogen-bond acceptors (Lipinski definition) is 5. The van der Waals surface area contributed by atoms with Gasteiger partial charge in [-0.3, -0.25) is 19.0 Å². The molecule has 2 aromatic rings. The van der Waals surface area contributed by atoms with Gasteiger partial charge in [0, 0.05) is 70.9 Å². The summed E-state index contributed by atoms with van der Waals surface area (Å²) in [4.78, 5) is 11.1. The maximum atomic E-state index is 12.3. The number of hydrogen-bond donors (Lipinski definition) is 3. The zero-order valence-electron chi connectivity index (χ0n) is 17.0. The molecule has 0 saturated carbocycles. The Morgan fingerprint density at radius 2 is 1.52 bits per heavy atom. The number of nitrogens with one attached hydrogen (secondary N) is 1. The summed E-state index contributed by atoms with van der Waals surface area (Å²) in [6, 6.07) is 3.02. The molecule has 3 N–H and O–H groups in total. The summed E-state index contributed by atoms with van der Waals surface area (Å²) in [5.74, 6) is 0. The molecule has 152 valence electrons. The maximum absolute atomic E-state index is 12.3. The number of aryl methyl sites for hydroxylation is 2. The zero-order chi connectivity index (χ0) is 20.4. The maximum Gasteiger partial charge on any atom is 0.296 e. The van der Waals surface area contributed by atoms with E-state index < -0.39 is 35.6 Å². The van der Waals surface area contributed by atoms with Crippen molar-refractivity contribution in [2.45, 2.75) is 55.7 Å². The van der Waals surface area contributed by atoms with Gasteiger partial charge in [-0.15, -0.1) is 0 Å². The summed E-state index contributed by atoms with van der Waals surface area (Å²) in [6.45, 7) is 3.33. The van der Waals surface area contributed by atoms with Gasteiger partial charge in [0.15, 0.2) is 0 Å². The Morgan fingerprint density at radius 3 is 2.03 bits per heavy atom. The van der Waals surface area contributed by atoms with Crippen LogP contribution in [0.25, 0.3) is 5.69 Å². The number of H-pyrrole nitrogens is 1. The summed E-state index contributed by atoms with van der Waals surface area (Å²) in [5.41, 5.74) is -0.546. The predicted molar refractivity (Wildman–Crippen MR) is 110 cm³/mol. The van der Waals surface area contributed by atoms with E-state index >= 15 is 0 Å². The molecule has 1 aromatic carbocycles. The first kappa shape index (κ1) is 29.1. The summed E-state index contributed by atoms with van der Waals surface area (Å²) in [5, 5.41) is 2.74. The fraction of sp³-hybridized carbons (Fsp3) is 0.438. The van der Waals surface area contributed by atoms with Crippen LogP contribution < -0.4 is 5.56 Å².